The van der Waals surface area contributed by atoms with Gasteiger partial charge in [0.25, 0.3) is 0 Å². The Morgan fingerprint density at radius 1 is 1.31 bits per heavy atom. The van der Waals surface area contributed by atoms with Crippen LogP contribution in [0.15, 0.2) is 54.1 Å². The van der Waals surface area contributed by atoms with Gasteiger partial charge in [-0.25, -0.2) is 4.39 Å². The summed E-state index contributed by atoms with van der Waals surface area (Å²) in [4.78, 5) is 0. The second-order valence-electron chi connectivity index (χ2n) is 4.33. The lowest BCUT2D eigenvalue weighted by Gasteiger charge is -2.21. The normalized spacial score (nSPS) is 26.3. The maximum atomic E-state index is 13.5. The summed E-state index contributed by atoms with van der Waals surface area (Å²) in [5.74, 6) is 0. The van der Waals surface area contributed by atoms with Crippen molar-refractivity contribution in [2.45, 2.75) is 25.1 Å². The van der Waals surface area contributed by atoms with Crippen LogP contribution in [0, 0.1) is 0 Å². The van der Waals surface area contributed by atoms with Crippen molar-refractivity contribution in [2.75, 3.05) is 0 Å². The molecular formula is C14H15FO. The molecule has 0 saturated carbocycles. The molecule has 1 aliphatic rings. The monoisotopic (exact) mass is 218 g/mol. The highest BCUT2D eigenvalue weighted by molar-refractivity contribution is 5.35. The second-order valence-corrected chi connectivity index (χ2v) is 4.33. The van der Waals surface area contributed by atoms with Crippen LogP contribution < -0.4 is 0 Å². The zero-order valence-corrected chi connectivity index (χ0v) is 9.23. The van der Waals surface area contributed by atoms with E-state index in [4.69, 9.17) is 0 Å². The highest BCUT2D eigenvalue weighted by Gasteiger charge is 2.23. The Morgan fingerprint density at radius 2 is 2.00 bits per heavy atom. The highest BCUT2D eigenvalue weighted by Crippen LogP contribution is 2.30. The van der Waals surface area contributed by atoms with Gasteiger partial charge < -0.3 is 5.11 Å². The van der Waals surface area contributed by atoms with E-state index in [9.17, 15) is 9.50 Å². The van der Waals surface area contributed by atoms with Crippen molar-refractivity contribution < 1.29 is 9.50 Å². The first-order valence-electron chi connectivity index (χ1n) is 5.40. The van der Waals surface area contributed by atoms with Crippen molar-refractivity contribution >= 4 is 0 Å². The molecule has 1 nitrogen and oxygen atoms in total. The van der Waals surface area contributed by atoms with Gasteiger partial charge in [0, 0.05) is 6.42 Å². The fraction of sp³-hybridized carbons (Fsp3) is 0.286. The van der Waals surface area contributed by atoms with Crippen molar-refractivity contribution in [3.8, 4) is 0 Å². The van der Waals surface area contributed by atoms with Crippen LogP contribution in [0.5, 0.6) is 0 Å². The average Bonchev–Trinajstić information content (AvgIpc) is 2.29. The predicted molar refractivity (Wildman–Crippen MR) is 62.8 cm³/mol. The minimum absolute atomic E-state index is 0.322. The van der Waals surface area contributed by atoms with Crippen molar-refractivity contribution in [1.82, 2.24) is 0 Å². The zero-order chi connectivity index (χ0) is 11.6. The number of hydrogen-bond donors (Lipinski definition) is 1. The molecule has 0 bridgehead atoms. The number of hydrogen-bond acceptors (Lipinski definition) is 1. The molecule has 0 amide bonds. The molecule has 0 heterocycles. The van der Waals surface area contributed by atoms with Crippen LogP contribution in [0.3, 0.4) is 0 Å². The van der Waals surface area contributed by atoms with Crippen LogP contribution in [0.2, 0.25) is 0 Å². The van der Waals surface area contributed by atoms with E-state index in [0.29, 0.717) is 6.42 Å². The Bertz CT molecular complexity index is 418. The summed E-state index contributed by atoms with van der Waals surface area (Å²) in [6, 6.07) is 9.39. The molecule has 2 atom stereocenters. The van der Waals surface area contributed by atoms with Gasteiger partial charge in [0.1, 0.15) is 11.8 Å². The molecule has 0 spiro atoms. The molecule has 16 heavy (non-hydrogen) atoms. The number of benzene rings is 1. The lowest BCUT2D eigenvalue weighted by atomic mass is 9.91. The molecule has 0 fully saturated rings. The van der Waals surface area contributed by atoms with E-state index in [0.717, 1.165) is 11.1 Å². The average molecular weight is 218 g/mol. The van der Waals surface area contributed by atoms with Crippen LogP contribution in [0.25, 0.3) is 0 Å². The molecule has 84 valence electrons. The molecule has 2 heteroatoms. The maximum absolute atomic E-state index is 13.5. The number of aliphatic hydroxyl groups excluding tert-OH is 1. The third-order valence-corrected chi connectivity index (χ3v) is 2.79. The summed E-state index contributed by atoms with van der Waals surface area (Å²) in [7, 11) is 0. The Morgan fingerprint density at radius 3 is 2.56 bits per heavy atom. The van der Waals surface area contributed by atoms with Gasteiger partial charge in [0.15, 0.2) is 0 Å². The molecule has 0 aromatic heterocycles. The number of rotatable bonds is 2. The summed E-state index contributed by atoms with van der Waals surface area (Å²) >= 11 is 0. The highest BCUT2D eigenvalue weighted by atomic mass is 19.1. The van der Waals surface area contributed by atoms with Crippen LogP contribution in [0.1, 0.15) is 25.0 Å². The third kappa shape index (κ3) is 2.39. The summed E-state index contributed by atoms with van der Waals surface area (Å²) in [6.45, 7) is 1.53. The van der Waals surface area contributed by atoms with E-state index in [1.807, 2.05) is 30.3 Å². The van der Waals surface area contributed by atoms with E-state index in [1.165, 1.54) is 13.0 Å². The molecule has 1 N–H and O–H groups in total. The first-order valence-corrected chi connectivity index (χ1v) is 5.40. The van der Waals surface area contributed by atoms with Gasteiger partial charge >= 0.3 is 0 Å². The van der Waals surface area contributed by atoms with E-state index >= 15 is 0 Å². The van der Waals surface area contributed by atoms with E-state index in [-0.39, 0.29) is 0 Å². The van der Waals surface area contributed by atoms with Gasteiger partial charge in [0.05, 0.1) is 0 Å². The Hall–Kier alpha value is -1.41. The Balaban J connectivity index is 2.17. The first kappa shape index (κ1) is 11.1. The fourth-order valence-electron chi connectivity index (χ4n) is 1.75. The molecular weight excluding hydrogens is 203 g/mol. The van der Waals surface area contributed by atoms with Gasteiger partial charge in [-0.05, 0) is 24.1 Å². The van der Waals surface area contributed by atoms with Crippen LogP contribution >= 0.6 is 0 Å². The minimum atomic E-state index is -1.28. The lowest BCUT2D eigenvalue weighted by molar-refractivity contribution is 0.212. The predicted octanol–water partition coefficient (Wildman–Crippen LogP) is 3.33. The summed E-state index contributed by atoms with van der Waals surface area (Å²) in [5.41, 5.74) is 0.321. The largest absolute Gasteiger partial charge is 0.384 e. The number of allylic oxidation sites excluding steroid dienone is 2. The van der Waals surface area contributed by atoms with Gasteiger partial charge in [-0.15, -0.1) is 0 Å². The summed E-state index contributed by atoms with van der Waals surface area (Å²) in [6.07, 6.45) is 4.60. The van der Waals surface area contributed by atoms with Crippen molar-refractivity contribution in [3.63, 3.8) is 0 Å². The maximum Gasteiger partial charge on any atom is 0.130 e. The Kier molecular flexibility index (Phi) is 2.92. The van der Waals surface area contributed by atoms with E-state index < -0.39 is 11.8 Å². The van der Waals surface area contributed by atoms with Crippen LogP contribution in [0.4, 0.5) is 4.39 Å². The molecule has 1 aromatic carbocycles. The van der Waals surface area contributed by atoms with Crippen molar-refractivity contribution in [1.29, 1.82) is 0 Å². The first-order chi connectivity index (χ1) is 7.58. The third-order valence-electron chi connectivity index (χ3n) is 2.79. The Labute approximate surface area is 94.9 Å². The SMILES string of the molecule is CC1(F)C=CC(C(O)c2ccccc2)=CC1. The fourth-order valence-corrected chi connectivity index (χ4v) is 1.75. The molecule has 0 aliphatic heterocycles. The second kappa shape index (κ2) is 4.22. The van der Waals surface area contributed by atoms with Gasteiger partial charge in [-0.2, -0.15) is 0 Å². The molecule has 1 aromatic rings. The van der Waals surface area contributed by atoms with Crippen LogP contribution in [-0.2, 0) is 0 Å². The van der Waals surface area contributed by atoms with Crippen molar-refractivity contribution in [3.05, 3.63) is 59.7 Å². The van der Waals surface area contributed by atoms with E-state index in [2.05, 4.69) is 0 Å². The molecule has 2 unspecified atom stereocenters. The lowest BCUT2D eigenvalue weighted by Crippen LogP contribution is -2.16. The van der Waals surface area contributed by atoms with Gasteiger partial charge in [-0.3, -0.25) is 0 Å². The number of aliphatic hydroxyl groups is 1. The number of halogens is 1. The summed E-state index contributed by atoms with van der Waals surface area (Å²) in [5, 5.41) is 10.1. The quantitative estimate of drug-likeness (QED) is 0.807. The molecule has 2 rings (SSSR count). The van der Waals surface area contributed by atoms with E-state index in [1.54, 1.807) is 12.2 Å². The standard InChI is InChI=1S/C14H15FO/c1-14(15)9-7-12(8-10-14)13(16)11-5-3-2-4-6-11/h2-9,13,16H,10H2,1H3. The van der Waals surface area contributed by atoms with Crippen molar-refractivity contribution in [2.24, 2.45) is 0 Å². The topological polar surface area (TPSA) is 20.2 Å². The minimum Gasteiger partial charge on any atom is -0.384 e. The molecule has 0 saturated heterocycles. The van der Waals surface area contributed by atoms with Crippen LogP contribution in [-0.4, -0.2) is 10.8 Å². The molecule has 0 radical (unpaired) electrons. The smallest absolute Gasteiger partial charge is 0.130 e. The zero-order valence-electron chi connectivity index (χ0n) is 9.23. The summed E-state index contributed by atoms with van der Waals surface area (Å²) < 4.78 is 13.5. The van der Waals surface area contributed by atoms with Gasteiger partial charge in [-0.1, -0.05) is 42.5 Å². The van der Waals surface area contributed by atoms with Gasteiger partial charge in [0.2, 0.25) is 0 Å². The number of alkyl halides is 1. The molecule has 1 aliphatic carbocycles.